The summed E-state index contributed by atoms with van der Waals surface area (Å²) in [5.41, 5.74) is 0. The number of nitrogens with one attached hydrogen (secondary N) is 1. The zero-order chi connectivity index (χ0) is 12.5. The second-order valence-corrected chi connectivity index (χ2v) is 4.58. The number of carboxylic acids is 1. The van der Waals surface area contributed by atoms with Gasteiger partial charge in [-0.15, -0.1) is 0 Å². The van der Waals surface area contributed by atoms with Crippen molar-refractivity contribution in [2.75, 3.05) is 39.9 Å². The van der Waals surface area contributed by atoms with Crippen LogP contribution in [0.2, 0.25) is 0 Å². The molecule has 1 aliphatic heterocycles. The summed E-state index contributed by atoms with van der Waals surface area (Å²) in [4.78, 5) is 12.8. The lowest BCUT2D eigenvalue weighted by Crippen LogP contribution is -2.46. The van der Waals surface area contributed by atoms with Crippen molar-refractivity contribution in [3.8, 4) is 0 Å². The Morgan fingerprint density at radius 1 is 1.59 bits per heavy atom. The molecule has 0 spiro atoms. The Bertz CT molecular complexity index is 224. The Labute approximate surface area is 103 Å². The lowest BCUT2D eigenvalue weighted by atomic mass is 10.1. The van der Waals surface area contributed by atoms with Gasteiger partial charge in [-0.3, -0.25) is 4.79 Å². The van der Waals surface area contributed by atoms with E-state index in [0.717, 1.165) is 39.1 Å². The van der Waals surface area contributed by atoms with Gasteiger partial charge in [0.15, 0.2) is 0 Å². The van der Waals surface area contributed by atoms with E-state index in [4.69, 9.17) is 9.84 Å². The van der Waals surface area contributed by atoms with Crippen LogP contribution in [-0.4, -0.2) is 61.9 Å². The number of methoxy groups -OCH3 is 1. The van der Waals surface area contributed by atoms with Gasteiger partial charge in [0.05, 0.1) is 6.42 Å². The molecular formula is C12H24N2O3. The van der Waals surface area contributed by atoms with E-state index in [9.17, 15) is 4.79 Å². The highest BCUT2D eigenvalue weighted by molar-refractivity contribution is 5.66. The van der Waals surface area contributed by atoms with Crippen molar-refractivity contribution in [2.45, 2.75) is 31.7 Å². The maximum atomic E-state index is 10.4. The molecule has 5 heteroatoms. The fourth-order valence-electron chi connectivity index (χ4n) is 2.24. The van der Waals surface area contributed by atoms with E-state index in [1.165, 1.54) is 6.42 Å². The molecule has 0 bridgehead atoms. The second kappa shape index (κ2) is 8.44. The Morgan fingerprint density at radius 2 is 2.41 bits per heavy atom. The summed E-state index contributed by atoms with van der Waals surface area (Å²) in [6, 6.07) is 0.450. The number of rotatable bonds is 8. The third-order valence-corrected chi connectivity index (χ3v) is 3.10. The monoisotopic (exact) mass is 244 g/mol. The predicted molar refractivity (Wildman–Crippen MR) is 66.2 cm³/mol. The maximum Gasteiger partial charge on any atom is 0.304 e. The van der Waals surface area contributed by atoms with Gasteiger partial charge in [-0.1, -0.05) is 0 Å². The zero-order valence-corrected chi connectivity index (χ0v) is 10.7. The quantitative estimate of drug-likeness (QED) is 0.611. The summed E-state index contributed by atoms with van der Waals surface area (Å²) >= 11 is 0. The van der Waals surface area contributed by atoms with Crippen LogP contribution < -0.4 is 5.32 Å². The Kier molecular flexibility index (Phi) is 7.16. The predicted octanol–water partition coefficient (Wildman–Crippen LogP) is 0.552. The van der Waals surface area contributed by atoms with Crippen LogP contribution in [0.4, 0.5) is 0 Å². The summed E-state index contributed by atoms with van der Waals surface area (Å²) in [6.45, 7) is 4.65. The minimum atomic E-state index is -0.731. The van der Waals surface area contributed by atoms with Crippen molar-refractivity contribution in [3.05, 3.63) is 0 Å². The molecule has 0 amide bonds. The summed E-state index contributed by atoms with van der Waals surface area (Å²) in [7, 11) is 1.73. The molecule has 1 unspecified atom stereocenters. The number of likely N-dealkylation sites (tertiary alicyclic amines) is 1. The topological polar surface area (TPSA) is 61.8 Å². The first-order valence-corrected chi connectivity index (χ1v) is 6.39. The second-order valence-electron chi connectivity index (χ2n) is 4.58. The maximum absolute atomic E-state index is 10.4. The van der Waals surface area contributed by atoms with Crippen molar-refractivity contribution < 1.29 is 14.6 Å². The van der Waals surface area contributed by atoms with Crippen LogP contribution in [-0.2, 0) is 9.53 Å². The molecule has 1 saturated heterocycles. The van der Waals surface area contributed by atoms with Gasteiger partial charge in [-0.05, 0) is 25.8 Å². The van der Waals surface area contributed by atoms with Gasteiger partial charge in [-0.25, -0.2) is 0 Å². The molecule has 0 aromatic rings. The highest BCUT2D eigenvalue weighted by atomic mass is 16.5. The summed E-state index contributed by atoms with van der Waals surface area (Å²) in [5.74, 6) is -0.731. The average molecular weight is 244 g/mol. The molecular weight excluding hydrogens is 220 g/mol. The van der Waals surface area contributed by atoms with Crippen LogP contribution >= 0.6 is 0 Å². The van der Waals surface area contributed by atoms with Gasteiger partial charge in [0, 0.05) is 39.4 Å². The van der Waals surface area contributed by atoms with Crippen molar-refractivity contribution >= 4 is 5.97 Å². The third kappa shape index (κ3) is 6.61. The molecule has 0 saturated carbocycles. The van der Waals surface area contributed by atoms with Crippen LogP contribution in [0.1, 0.15) is 25.7 Å². The van der Waals surface area contributed by atoms with Crippen molar-refractivity contribution in [1.29, 1.82) is 0 Å². The fraction of sp³-hybridized carbons (Fsp3) is 0.917. The van der Waals surface area contributed by atoms with Crippen LogP contribution in [0.25, 0.3) is 0 Å². The molecule has 0 aromatic heterocycles. The number of carboxylic acid groups (broad SMARTS) is 1. The molecule has 1 heterocycles. The van der Waals surface area contributed by atoms with Crippen LogP contribution in [0.3, 0.4) is 0 Å². The SMILES string of the molecule is COCCCN1CCCC(NCCC(=O)O)C1. The number of hydrogen-bond donors (Lipinski definition) is 2. The van der Waals surface area contributed by atoms with E-state index in [-0.39, 0.29) is 6.42 Å². The van der Waals surface area contributed by atoms with Gasteiger partial charge in [0.1, 0.15) is 0 Å². The number of aliphatic carboxylic acids is 1. The molecule has 0 aliphatic carbocycles. The number of ether oxygens (including phenoxy) is 1. The van der Waals surface area contributed by atoms with Crippen LogP contribution in [0.15, 0.2) is 0 Å². The summed E-state index contributed by atoms with van der Waals surface area (Å²) in [6.07, 6.45) is 3.62. The fourth-order valence-corrected chi connectivity index (χ4v) is 2.24. The highest BCUT2D eigenvalue weighted by Gasteiger charge is 2.18. The standard InChI is InChI=1S/C12H24N2O3/c1-17-9-3-8-14-7-2-4-11(10-14)13-6-5-12(15)16/h11,13H,2-10H2,1H3,(H,15,16). The lowest BCUT2D eigenvalue weighted by Gasteiger charge is -2.33. The molecule has 0 aromatic carbocycles. The van der Waals surface area contributed by atoms with Crippen LogP contribution in [0, 0.1) is 0 Å². The molecule has 1 aliphatic rings. The Balaban J connectivity index is 2.12. The average Bonchev–Trinajstić information content (AvgIpc) is 2.29. The first-order chi connectivity index (χ1) is 8.22. The van der Waals surface area contributed by atoms with E-state index in [2.05, 4.69) is 10.2 Å². The Morgan fingerprint density at radius 3 is 3.12 bits per heavy atom. The first-order valence-electron chi connectivity index (χ1n) is 6.39. The molecule has 100 valence electrons. The smallest absolute Gasteiger partial charge is 0.304 e. The molecule has 17 heavy (non-hydrogen) atoms. The third-order valence-electron chi connectivity index (χ3n) is 3.10. The molecule has 0 radical (unpaired) electrons. The lowest BCUT2D eigenvalue weighted by molar-refractivity contribution is -0.136. The van der Waals surface area contributed by atoms with E-state index < -0.39 is 5.97 Å². The molecule has 1 rings (SSSR count). The number of carbonyl (C=O) groups is 1. The van der Waals surface area contributed by atoms with E-state index in [1.54, 1.807) is 7.11 Å². The number of hydrogen-bond acceptors (Lipinski definition) is 4. The van der Waals surface area contributed by atoms with Crippen molar-refractivity contribution in [3.63, 3.8) is 0 Å². The molecule has 1 atom stereocenters. The van der Waals surface area contributed by atoms with Gasteiger partial charge >= 0.3 is 5.97 Å². The highest BCUT2D eigenvalue weighted by Crippen LogP contribution is 2.10. The van der Waals surface area contributed by atoms with Crippen LogP contribution in [0.5, 0.6) is 0 Å². The van der Waals surface area contributed by atoms with Crippen molar-refractivity contribution in [2.24, 2.45) is 0 Å². The minimum Gasteiger partial charge on any atom is -0.481 e. The van der Waals surface area contributed by atoms with E-state index >= 15 is 0 Å². The normalized spacial score (nSPS) is 21.6. The largest absolute Gasteiger partial charge is 0.481 e. The number of piperidine rings is 1. The summed E-state index contributed by atoms with van der Waals surface area (Å²) in [5, 5.41) is 11.9. The van der Waals surface area contributed by atoms with E-state index in [1.807, 2.05) is 0 Å². The zero-order valence-electron chi connectivity index (χ0n) is 10.7. The van der Waals surface area contributed by atoms with Gasteiger partial charge in [0.25, 0.3) is 0 Å². The van der Waals surface area contributed by atoms with Gasteiger partial charge in [0.2, 0.25) is 0 Å². The molecule has 5 nitrogen and oxygen atoms in total. The Hall–Kier alpha value is -0.650. The molecule has 1 fully saturated rings. The first kappa shape index (κ1) is 14.4. The molecule has 2 N–H and O–H groups in total. The van der Waals surface area contributed by atoms with E-state index in [0.29, 0.717) is 12.6 Å². The summed E-state index contributed by atoms with van der Waals surface area (Å²) < 4.78 is 5.04. The number of nitrogens with zero attached hydrogens (tertiary/aromatic N) is 1. The van der Waals surface area contributed by atoms with Gasteiger partial charge < -0.3 is 20.1 Å². The minimum absolute atomic E-state index is 0.209. The van der Waals surface area contributed by atoms with Crippen molar-refractivity contribution in [1.82, 2.24) is 10.2 Å². The van der Waals surface area contributed by atoms with Gasteiger partial charge in [-0.2, -0.15) is 0 Å².